The summed E-state index contributed by atoms with van der Waals surface area (Å²) in [4.78, 5) is 22.6. The van der Waals surface area contributed by atoms with Gasteiger partial charge in [0, 0.05) is 16.7 Å². The average Bonchev–Trinajstić information content (AvgIpc) is 2.54. The summed E-state index contributed by atoms with van der Waals surface area (Å²) in [5, 5.41) is 2.47. The number of rotatable bonds is 3. The van der Waals surface area contributed by atoms with Crippen LogP contribution in [0.1, 0.15) is 26.3 Å². The maximum absolute atomic E-state index is 13.0. The van der Waals surface area contributed by atoms with Gasteiger partial charge in [-0.15, -0.1) is 0 Å². The van der Waals surface area contributed by atoms with Crippen molar-refractivity contribution in [1.29, 1.82) is 0 Å². The van der Waals surface area contributed by atoms with E-state index in [1.54, 1.807) is 24.3 Å². The summed E-state index contributed by atoms with van der Waals surface area (Å²) in [5.74, 6) is 2.32. The van der Waals surface area contributed by atoms with E-state index in [9.17, 15) is 18.4 Å². The van der Waals surface area contributed by atoms with Crippen LogP contribution in [0.25, 0.3) is 0 Å². The van der Waals surface area contributed by atoms with E-state index in [1.165, 1.54) is 6.07 Å². The molecule has 0 unspecified atom stereocenters. The Labute approximate surface area is 131 Å². The summed E-state index contributed by atoms with van der Waals surface area (Å²) in [6.07, 6.45) is 0. The summed E-state index contributed by atoms with van der Waals surface area (Å²) in [6, 6.07) is 9.24. The molecule has 0 atom stereocenters. The Morgan fingerprint density at radius 3 is 2.26 bits per heavy atom. The van der Waals surface area contributed by atoms with Crippen LogP contribution in [0.15, 0.2) is 42.5 Å². The number of halogens is 2. The molecule has 6 heteroatoms. The van der Waals surface area contributed by atoms with Crippen molar-refractivity contribution in [2.75, 3.05) is 6.54 Å². The maximum Gasteiger partial charge on any atom is 0.252 e. The number of primary amides is 1. The second kappa shape index (κ2) is 7.18. The highest BCUT2D eigenvalue weighted by Gasteiger charge is 2.08. The van der Waals surface area contributed by atoms with Crippen LogP contribution in [0.4, 0.5) is 8.78 Å². The zero-order valence-electron chi connectivity index (χ0n) is 11.9. The fourth-order valence-corrected chi connectivity index (χ4v) is 1.73. The second-order valence-electron chi connectivity index (χ2n) is 4.55. The molecule has 2 aromatic carbocycles. The van der Waals surface area contributed by atoms with Crippen molar-refractivity contribution in [2.24, 2.45) is 5.73 Å². The molecule has 4 nitrogen and oxygen atoms in total. The molecule has 0 aliphatic carbocycles. The van der Waals surface area contributed by atoms with Gasteiger partial charge in [-0.05, 0) is 42.5 Å². The van der Waals surface area contributed by atoms with Crippen molar-refractivity contribution in [3.8, 4) is 11.8 Å². The topological polar surface area (TPSA) is 72.2 Å². The average molecular weight is 314 g/mol. The van der Waals surface area contributed by atoms with Gasteiger partial charge in [0.2, 0.25) is 5.91 Å². The molecule has 0 aromatic heterocycles. The molecular formula is C17H12F2N2O2. The van der Waals surface area contributed by atoms with E-state index in [0.29, 0.717) is 11.1 Å². The molecule has 0 spiro atoms. The molecule has 0 radical (unpaired) electrons. The van der Waals surface area contributed by atoms with Crippen molar-refractivity contribution >= 4 is 11.8 Å². The number of hydrogen-bond donors (Lipinski definition) is 2. The van der Waals surface area contributed by atoms with E-state index in [4.69, 9.17) is 5.73 Å². The first-order chi connectivity index (χ1) is 11.0. The zero-order valence-corrected chi connectivity index (χ0v) is 11.9. The van der Waals surface area contributed by atoms with E-state index in [1.807, 2.05) is 0 Å². The second-order valence-corrected chi connectivity index (χ2v) is 4.55. The van der Waals surface area contributed by atoms with Gasteiger partial charge in [-0.1, -0.05) is 11.8 Å². The Kier molecular flexibility index (Phi) is 5.05. The molecule has 3 N–H and O–H groups in total. The minimum Gasteiger partial charge on any atom is -0.366 e. The molecule has 0 fully saturated rings. The Hall–Kier alpha value is -3.20. The van der Waals surface area contributed by atoms with Crippen LogP contribution in [0.5, 0.6) is 0 Å². The molecule has 2 aromatic rings. The van der Waals surface area contributed by atoms with Gasteiger partial charge < -0.3 is 11.1 Å². The third-order valence-corrected chi connectivity index (χ3v) is 2.92. The highest BCUT2D eigenvalue weighted by molar-refractivity contribution is 5.94. The molecule has 0 heterocycles. The molecule has 0 saturated carbocycles. The minimum atomic E-state index is -1.08. The first kappa shape index (κ1) is 16.2. The third kappa shape index (κ3) is 4.38. The quantitative estimate of drug-likeness (QED) is 0.849. The normalized spacial score (nSPS) is 9.65. The van der Waals surface area contributed by atoms with Crippen LogP contribution in [0, 0.1) is 23.5 Å². The molecule has 23 heavy (non-hydrogen) atoms. The smallest absolute Gasteiger partial charge is 0.252 e. The van der Waals surface area contributed by atoms with Crippen molar-refractivity contribution in [3.63, 3.8) is 0 Å². The standard InChI is InChI=1S/C17H12F2N2O2/c18-14-8-7-13(10-15(14)19)17(23)21-9-1-2-11-3-5-12(6-4-11)16(20)22/h3-8,10H,9H2,(H2,20,22)(H,21,23). The van der Waals surface area contributed by atoms with Gasteiger partial charge in [0.25, 0.3) is 5.91 Å². The molecule has 0 aliphatic heterocycles. The lowest BCUT2D eigenvalue weighted by molar-refractivity contribution is 0.0956. The van der Waals surface area contributed by atoms with Crippen LogP contribution in [-0.4, -0.2) is 18.4 Å². The van der Waals surface area contributed by atoms with Crippen molar-refractivity contribution in [3.05, 3.63) is 70.8 Å². The maximum atomic E-state index is 13.0. The predicted octanol–water partition coefficient (Wildman–Crippen LogP) is 1.85. The van der Waals surface area contributed by atoms with Gasteiger partial charge in [0.05, 0.1) is 6.54 Å². The largest absolute Gasteiger partial charge is 0.366 e. The molecule has 2 amide bonds. The Bertz CT molecular complexity index is 806. The molecule has 2 rings (SSSR count). The lowest BCUT2D eigenvalue weighted by Crippen LogP contribution is -2.23. The number of nitrogens with two attached hydrogens (primary N) is 1. The SMILES string of the molecule is NC(=O)c1ccc(C#CCNC(=O)c2ccc(F)c(F)c2)cc1. The minimum absolute atomic E-state index is 0.0107. The monoisotopic (exact) mass is 314 g/mol. The first-order valence-electron chi connectivity index (χ1n) is 6.59. The highest BCUT2D eigenvalue weighted by atomic mass is 19.2. The predicted molar refractivity (Wildman–Crippen MR) is 80.5 cm³/mol. The summed E-state index contributed by atoms with van der Waals surface area (Å²) in [7, 11) is 0. The van der Waals surface area contributed by atoms with Crippen LogP contribution in [0.2, 0.25) is 0 Å². The van der Waals surface area contributed by atoms with Gasteiger partial charge in [0.1, 0.15) is 0 Å². The van der Waals surface area contributed by atoms with Crippen LogP contribution in [-0.2, 0) is 0 Å². The van der Waals surface area contributed by atoms with Crippen LogP contribution >= 0.6 is 0 Å². The number of carbonyl (C=O) groups excluding carboxylic acids is 2. The summed E-state index contributed by atoms with van der Waals surface area (Å²) >= 11 is 0. The van der Waals surface area contributed by atoms with Crippen molar-refractivity contribution in [1.82, 2.24) is 5.32 Å². The first-order valence-corrected chi connectivity index (χ1v) is 6.59. The van der Waals surface area contributed by atoms with E-state index >= 15 is 0 Å². The van der Waals surface area contributed by atoms with Gasteiger partial charge in [-0.3, -0.25) is 9.59 Å². The van der Waals surface area contributed by atoms with Crippen molar-refractivity contribution < 1.29 is 18.4 Å². The molecule has 0 aliphatic rings. The Balaban J connectivity index is 1.93. The fourth-order valence-electron chi connectivity index (χ4n) is 1.73. The number of benzene rings is 2. The van der Waals surface area contributed by atoms with Gasteiger partial charge >= 0.3 is 0 Å². The van der Waals surface area contributed by atoms with Crippen LogP contribution in [0.3, 0.4) is 0 Å². The van der Waals surface area contributed by atoms with Crippen molar-refractivity contribution in [2.45, 2.75) is 0 Å². The fraction of sp³-hybridized carbons (Fsp3) is 0.0588. The summed E-state index contributed by atoms with van der Waals surface area (Å²) < 4.78 is 25.8. The lowest BCUT2D eigenvalue weighted by atomic mass is 10.1. The van der Waals surface area contributed by atoms with Crippen LogP contribution < -0.4 is 11.1 Å². The number of hydrogen-bond acceptors (Lipinski definition) is 2. The number of amides is 2. The molecule has 0 saturated heterocycles. The molecule has 116 valence electrons. The number of nitrogens with one attached hydrogen (secondary N) is 1. The van der Waals surface area contributed by atoms with Gasteiger partial charge in [-0.25, -0.2) is 8.78 Å². The highest BCUT2D eigenvalue weighted by Crippen LogP contribution is 2.08. The Morgan fingerprint density at radius 2 is 1.65 bits per heavy atom. The lowest BCUT2D eigenvalue weighted by Gasteiger charge is -2.01. The van der Waals surface area contributed by atoms with E-state index in [2.05, 4.69) is 17.2 Å². The van der Waals surface area contributed by atoms with E-state index < -0.39 is 23.4 Å². The Morgan fingerprint density at radius 1 is 1.00 bits per heavy atom. The third-order valence-electron chi connectivity index (χ3n) is 2.92. The summed E-state index contributed by atoms with van der Waals surface area (Å²) in [5.41, 5.74) is 6.16. The van der Waals surface area contributed by atoms with Gasteiger partial charge in [0.15, 0.2) is 11.6 Å². The molecular weight excluding hydrogens is 302 g/mol. The van der Waals surface area contributed by atoms with Gasteiger partial charge in [-0.2, -0.15) is 0 Å². The van der Waals surface area contributed by atoms with E-state index in [-0.39, 0.29) is 12.1 Å². The van der Waals surface area contributed by atoms with E-state index in [0.717, 1.165) is 12.1 Å². The number of carbonyl (C=O) groups is 2. The zero-order chi connectivity index (χ0) is 16.8. The summed E-state index contributed by atoms with van der Waals surface area (Å²) in [6.45, 7) is 0.0371. The molecule has 0 bridgehead atoms.